The quantitative estimate of drug-likeness (QED) is 0.574. The molecule has 7 heteroatoms. The van der Waals surface area contributed by atoms with Gasteiger partial charge in [0.05, 0.1) is 13.2 Å². The number of nitrogens with zero attached hydrogens (tertiary/aromatic N) is 4. The molecule has 0 aromatic carbocycles. The van der Waals surface area contributed by atoms with Crippen LogP contribution >= 0.6 is 11.3 Å². The molecule has 2 heterocycles. The van der Waals surface area contributed by atoms with Gasteiger partial charge >= 0.3 is 5.97 Å². The number of ether oxygens (including phenoxy) is 1. The SMILES string of the molecule is CCOC(=O)CCCCn1nnc(-c2ccsc2)n1. The average molecular weight is 280 g/mol. The van der Waals surface area contributed by atoms with Crippen molar-refractivity contribution in [2.24, 2.45) is 0 Å². The first-order valence-electron chi connectivity index (χ1n) is 6.25. The molecular weight excluding hydrogens is 264 g/mol. The third-order valence-corrected chi connectivity index (χ3v) is 3.21. The second-order valence-electron chi connectivity index (χ2n) is 3.98. The van der Waals surface area contributed by atoms with Gasteiger partial charge in [-0.05, 0) is 36.4 Å². The van der Waals surface area contributed by atoms with E-state index < -0.39 is 0 Å². The first-order chi connectivity index (χ1) is 9.29. The van der Waals surface area contributed by atoms with Crippen LogP contribution in [-0.2, 0) is 16.1 Å². The Labute approximate surface area is 115 Å². The van der Waals surface area contributed by atoms with Crippen molar-refractivity contribution in [3.05, 3.63) is 16.8 Å². The maximum atomic E-state index is 11.1. The standard InChI is InChI=1S/C12H16N4O2S/c1-2-18-11(17)5-3-4-7-16-14-12(13-15-16)10-6-8-19-9-10/h6,8-9H,2-5,7H2,1H3. The molecule has 6 nitrogen and oxygen atoms in total. The second kappa shape index (κ2) is 6.98. The van der Waals surface area contributed by atoms with Crippen molar-refractivity contribution < 1.29 is 9.53 Å². The molecule has 0 spiro atoms. The number of aryl methyl sites for hydroxylation is 1. The molecule has 0 radical (unpaired) electrons. The molecule has 0 amide bonds. The van der Waals surface area contributed by atoms with Crippen LogP contribution < -0.4 is 0 Å². The normalized spacial score (nSPS) is 10.6. The predicted molar refractivity (Wildman–Crippen MR) is 71.6 cm³/mol. The summed E-state index contributed by atoms with van der Waals surface area (Å²) in [5.74, 6) is 0.500. The molecule has 0 atom stereocenters. The van der Waals surface area contributed by atoms with Gasteiger partial charge in [0, 0.05) is 17.4 Å². The highest BCUT2D eigenvalue weighted by Gasteiger charge is 2.06. The van der Waals surface area contributed by atoms with Gasteiger partial charge in [-0.2, -0.15) is 16.1 Å². The van der Waals surface area contributed by atoms with Gasteiger partial charge < -0.3 is 4.74 Å². The van der Waals surface area contributed by atoms with Gasteiger partial charge in [-0.3, -0.25) is 4.79 Å². The zero-order chi connectivity index (χ0) is 13.5. The number of hydrogen-bond donors (Lipinski definition) is 0. The fourth-order valence-electron chi connectivity index (χ4n) is 1.60. The molecular formula is C12H16N4O2S. The van der Waals surface area contributed by atoms with E-state index in [9.17, 15) is 4.79 Å². The molecule has 0 saturated carbocycles. The number of thiophene rings is 1. The van der Waals surface area contributed by atoms with E-state index >= 15 is 0 Å². The van der Waals surface area contributed by atoms with E-state index in [-0.39, 0.29) is 5.97 Å². The minimum Gasteiger partial charge on any atom is -0.466 e. The minimum absolute atomic E-state index is 0.145. The van der Waals surface area contributed by atoms with Crippen LogP contribution in [0.4, 0.5) is 0 Å². The van der Waals surface area contributed by atoms with Crippen molar-refractivity contribution in [1.29, 1.82) is 0 Å². The van der Waals surface area contributed by atoms with Crippen molar-refractivity contribution in [1.82, 2.24) is 20.2 Å². The monoisotopic (exact) mass is 280 g/mol. The molecule has 2 aromatic rings. The van der Waals surface area contributed by atoms with Crippen LogP contribution in [0.3, 0.4) is 0 Å². The third-order valence-electron chi connectivity index (χ3n) is 2.53. The fraction of sp³-hybridized carbons (Fsp3) is 0.500. The highest BCUT2D eigenvalue weighted by molar-refractivity contribution is 7.08. The van der Waals surface area contributed by atoms with Gasteiger partial charge in [0.25, 0.3) is 0 Å². The van der Waals surface area contributed by atoms with Gasteiger partial charge in [-0.15, -0.1) is 10.2 Å². The van der Waals surface area contributed by atoms with E-state index in [0.717, 1.165) is 18.4 Å². The summed E-state index contributed by atoms with van der Waals surface area (Å²) < 4.78 is 4.86. The zero-order valence-electron chi connectivity index (χ0n) is 10.8. The molecule has 0 aliphatic rings. The number of carbonyl (C=O) groups excluding carboxylic acids is 1. The predicted octanol–water partition coefficient (Wildman–Crippen LogP) is 2.13. The van der Waals surface area contributed by atoms with Gasteiger partial charge in [0.15, 0.2) is 0 Å². The van der Waals surface area contributed by atoms with E-state index in [1.54, 1.807) is 16.1 Å². The number of tetrazole rings is 1. The summed E-state index contributed by atoms with van der Waals surface area (Å²) in [6.45, 7) is 2.91. The molecule has 0 bridgehead atoms. The number of aromatic nitrogens is 4. The Morgan fingerprint density at radius 1 is 1.47 bits per heavy atom. The summed E-state index contributed by atoms with van der Waals surface area (Å²) in [5.41, 5.74) is 0.989. The number of rotatable bonds is 7. The molecule has 0 saturated heterocycles. The molecule has 102 valence electrons. The van der Waals surface area contributed by atoms with E-state index in [1.165, 1.54) is 0 Å². The van der Waals surface area contributed by atoms with Crippen molar-refractivity contribution in [3.63, 3.8) is 0 Å². The second-order valence-corrected chi connectivity index (χ2v) is 4.76. The van der Waals surface area contributed by atoms with E-state index in [2.05, 4.69) is 15.4 Å². The highest BCUT2D eigenvalue weighted by Crippen LogP contribution is 2.16. The Morgan fingerprint density at radius 2 is 2.37 bits per heavy atom. The molecule has 19 heavy (non-hydrogen) atoms. The topological polar surface area (TPSA) is 69.9 Å². The van der Waals surface area contributed by atoms with Crippen LogP contribution in [0, 0.1) is 0 Å². The summed E-state index contributed by atoms with van der Waals surface area (Å²) in [6, 6.07) is 1.97. The van der Waals surface area contributed by atoms with E-state index in [1.807, 2.05) is 23.8 Å². The summed E-state index contributed by atoms with van der Waals surface area (Å²) in [7, 11) is 0. The minimum atomic E-state index is -0.145. The van der Waals surface area contributed by atoms with Crippen molar-refractivity contribution in [2.75, 3.05) is 6.61 Å². The lowest BCUT2D eigenvalue weighted by atomic mass is 10.2. The molecule has 2 rings (SSSR count). The number of esters is 1. The molecule has 0 aliphatic heterocycles. The smallest absolute Gasteiger partial charge is 0.305 e. The lowest BCUT2D eigenvalue weighted by Gasteiger charge is -2.01. The Balaban J connectivity index is 1.74. The zero-order valence-corrected chi connectivity index (χ0v) is 11.6. The van der Waals surface area contributed by atoms with Crippen molar-refractivity contribution in [3.8, 4) is 11.4 Å². The van der Waals surface area contributed by atoms with Crippen molar-refractivity contribution >= 4 is 17.3 Å². The molecule has 0 fully saturated rings. The maximum absolute atomic E-state index is 11.1. The maximum Gasteiger partial charge on any atom is 0.305 e. The lowest BCUT2D eigenvalue weighted by Crippen LogP contribution is -2.06. The number of carbonyl (C=O) groups is 1. The third kappa shape index (κ3) is 4.13. The van der Waals surface area contributed by atoms with Gasteiger partial charge in [-0.25, -0.2) is 0 Å². The number of unbranched alkanes of at least 4 members (excludes halogenated alkanes) is 1. The summed E-state index contributed by atoms with van der Waals surface area (Å²) in [6.07, 6.45) is 2.05. The van der Waals surface area contributed by atoms with Gasteiger partial charge in [0.1, 0.15) is 0 Å². The van der Waals surface area contributed by atoms with Crippen molar-refractivity contribution in [2.45, 2.75) is 32.7 Å². The largest absolute Gasteiger partial charge is 0.466 e. The van der Waals surface area contributed by atoms with Crippen LogP contribution in [-0.4, -0.2) is 32.8 Å². The van der Waals surface area contributed by atoms with Crippen LogP contribution in [0.2, 0.25) is 0 Å². The van der Waals surface area contributed by atoms with Gasteiger partial charge in [-0.1, -0.05) is 0 Å². The fourth-order valence-corrected chi connectivity index (χ4v) is 2.24. The van der Waals surface area contributed by atoms with Crippen LogP contribution in [0.15, 0.2) is 16.8 Å². The van der Waals surface area contributed by atoms with E-state index in [4.69, 9.17) is 4.74 Å². The highest BCUT2D eigenvalue weighted by atomic mass is 32.1. The number of hydrogen-bond acceptors (Lipinski definition) is 6. The molecule has 0 unspecified atom stereocenters. The molecule has 0 aliphatic carbocycles. The Hall–Kier alpha value is -1.76. The Morgan fingerprint density at radius 3 is 3.11 bits per heavy atom. The lowest BCUT2D eigenvalue weighted by molar-refractivity contribution is -0.143. The van der Waals surface area contributed by atoms with Crippen LogP contribution in [0.5, 0.6) is 0 Å². The summed E-state index contributed by atoms with van der Waals surface area (Å²) in [5, 5.41) is 16.2. The summed E-state index contributed by atoms with van der Waals surface area (Å²) >= 11 is 1.60. The molecule has 0 N–H and O–H groups in total. The van der Waals surface area contributed by atoms with E-state index in [0.29, 0.717) is 25.4 Å². The Bertz CT molecular complexity index is 510. The molecule has 2 aromatic heterocycles. The summed E-state index contributed by atoms with van der Waals surface area (Å²) in [4.78, 5) is 12.7. The first kappa shape index (κ1) is 13.7. The Kier molecular flexibility index (Phi) is 5.02. The first-order valence-corrected chi connectivity index (χ1v) is 7.20. The van der Waals surface area contributed by atoms with Crippen LogP contribution in [0.25, 0.3) is 11.4 Å². The average Bonchev–Trinajstić information content (AvgIpc) is 3.05. The van der Waals surface area contributed by atoms with Gasteiger partial charge in [0.2, 0.25) is 5.82 Å². The van der Waals surface area contributed by atoms with Crippen LogP contribution in [0.1, 0.15) is 26.2 Å².